The number of nitrogens with zero attached hydrogens (tertiary/aromatic N) is 1. The van der Waals surface area contributed by atoms with Gasteiger partial charge in [-0.1, -0.05) is 36.4 Å². The van der Waals surface area contributed by atoms with Gasteiger partial charge in [-0.05, 0) is 97.9 Å². The largest absolute Gasteiger partial charge is 0.371 e. The molecular weight excluding hydrogens is 410 g/mol. The first kappa shape index (κ1) is 22.6. The van der Waals surface area contributed by atoms with E-state index in [0.29, 0.717) is 37.1 Å². The Morgan fingerprint density at radius 3 is 1.94 bits per heavy atom. The summed E-state index contributed by atoms with van der Waals surface area (Å²) in [5.41, 5.74) is 4.59. The molecule has 3 aliphatic rings. The zero-order chi connectivity index (χ0) is 22.5. The molecule has 5 rings (SSSR count). The topological polar surface area (TPSA) is 54.8 Å². The Morgan fingerprint density at radius 1 is 0.788 bits per heavy atom. The van der Waals surface area contributed by atoms with Gasteiger partial charge in [0.1, 0.15) is 12.9 Å². The van der Waals surface area contributed by atoms with E-state index in [1.807, 2.05) is 24.3 Å². The minimum Gasteiger partial charge on any atom is -0.371 e. The Balaban J connectivity index is 1.05. The van der Waals surface area contributed by atoms with E-state index in [2.05, 4.69) is 30.3 Å². The van der Waals surface area contributed by atoms with E-state index < -0.39 is 0 Å². The lowest BCUT2D eigenvalue weighted by atomic mass is 9.69. The van der Waals surface area contributed by atoms with Crippen LogP contribution in [0.1, 0.15) is 68.4 Å². The summed E-state index contributed by atoms with van der Waals surface area (Å²) in [4.78, 5) is 0. The molecule has 1 aliphatic heterocycles. The predicted molar refractivity (Wildman–Crippen MR) is 129 cm³/mol. The molecule has 4 heteroatoms. The van der Waals surface area contributed by atoms with Gasteiger partial charge in [-0.15, -0.1) is 0 Å². The van der Waals surface area contributed by atoms with Gasteiger partial charge in [0.25, 0.3) is 0 Å². The summed E-state index contributed by atoms with van der Waals surface area (Å²) < 4.78 is 16.6. The lowest BCUT2D eigenvalue weighted by Gasteiger charge is -2.38. The lowest BCUT2D eigenvalue weighted by Crippen LogP contribution is -2.28. The van der Waals surface area contributed by atoms with Crippen molar-refractivity contribution < 1.29 is 14.2 Å². The number of rotatable bonds is 8. The van der Waals surface area contributed by atoms with Crippen molar-refractivity contribution in [1.82, 2.24) is 0 Å². The van der Waals surface area contributed by atoms with Crippen molar-refractivity contribution in [2.75, 3.05) is 20.0 Å². The van der Waals surface area contributed by atoms with Crippen LogP contribution in [0.4, 0.5) is 0 Å². The summed E-state index contributed by atoms with van der Waals surface area (Å²) in [5, 5.41) is 8.99. The number of ether oxygens (including phenoxy) is 3. The molecule has 0 spiro atoms. The first-order valence-corrected chi connectivity index (χ1v) is 12.7. The average molecular weight is 446 g/mol. The molecule has 2 aromatic carbocycles. The molecule has 2 aliphatic carbocycles. The fourth-order valence-corrected chi connectivity index (χ4v) is 5.82. The molecule has 33 heavy (non-hydrogen) atoms. The summed E-state index contributed by atoms with van der Waals surface area (Å²) in [6.45, 7) is 1.94. The van der Waals surface area contributed by atoms with Gasteiger partial charge in [0, 0.05) is 0 Å². The van der Waals surface area contributed by atoms with E-state index in [0.717, 1.165) is 18.4 Å². The summed E-state index contributed by atoms with van der Waals surface area (Å²) in [6.07, 6.45) is 11.0. The molecule has 4 nitrogen and oxygen atoms in total. The first-order chi connectivity index (χ1) is 16.3. The molecule has 2 saturated carbocycles. The molecule has 0 bridgehead atoms. The molecule has 1 unspecified atom stereocenters. The smallest absolute Gasteiger partial charge is 0.147 e. The van der Waals surface area contributed by atoms with Crippen LogP contribution in [0.5, 0.6) is 0 Å². The van der Waals surface area contributed by atoms with Crippen molar-refractivity contribution in [3.63, 3.8) is 0 Å². The normalized spacial score (nSPS) is 29.4. The standard InChI is InChI=1S/C29H35NO3/c30-17-21-1-3-22(4-2-21)23-5-7-24(8-6-23)25-9-11-26(12-10-25)27-13-15-28(16-14-27)33-20-31-18-29-19-32-29/h1-8,25-29H,9-16,18-20H2. The molecular formula is C29H35NO3. The third kappa shape index (κ3) is 6.03. The highest BCUT2D eigenvalue weighted by Crippen LogP contribution is 2.43. The van der Waals surface area contributed by atoms with E-state index in [-0.39, 0.29) is 0 Å². The Kier molecular flexibility index (Phi) is 7.41. The van der Waals surface area contributed by atoms with Crippen molar-refractivity contribution in [3.05, 3.63) is 59.7 Å². The van der Waals surface area contributed by atoms with Crippen molar-refractivity contribution in [3.8, 4) is 17.2 Å². The molecule has 0 aromatic heterocycles. The number of benzene rings is 2. The SMILES string of the molecule is N#Cc1ccc(-c2ccc(C3CCC(C4CCC(OCOCC5CO5)CC4)CC3)cc2)cc1. The van der Waals surface area contributed by atoms with Crippen LogP contribution < -0.4 is 0 Å². The van der Waals surface area contributed by atoms with Crippen LogP contribution in [0.2, 0.25) is 0 Å². The zero-order valence-corrected chi connectivity index (χ0v) is 19.5. The Morgan fingerprint density at radius 2 is 1.36 bits per heavy atom. The monoisotopic (exact) mass is 445 g/mol. The molecule has 0 amide bonds. The number of hydrogen-bond donors (Lipinski definition) is 0. The third-order valence-corrected chi connectivity index (χ3v) is 7.98. The number of nitriles is 1. The summed E-state index contributed by atoms with van der Waals surface area (Å²) in [5.74, 6) is 2.47. The van der Waals surface area contributed by atoms with Crippen LogP contribution in [-0.2, 0) is 14.2 Å². The zero-order valence-electron chi connectivity index (χ0n) is 19.5. The van der Waals surface area contributed by atoms with Gasteiger partial charge in [-0.25, -0.2) is 0 Å². The Hall–Kier alpha value is -2.19. The van der Waals surface area contributed by atoms with Crippen LogP contribution >= 0.6 is 0 Å². The maximum absolute atomic E-state index is 8.99. The van der Waals surface area contributed by atoms with E-state index in [9.17, 15) is 0 Å². The van der Waals surface area contributed by atoms with E-state index in [1.165, 1.54) is 68.1 Å². The predicted octanol–water partition coefficient (Wildman–Crippen LogP) is 6.45. The van der Waals surface area contributed by atoms with E-state index >= 15 is 0 Å². The number of hydrogen-bond acceptors (Lipinski definition) is 4. The molecule has 3 fully saturated rings. The molecule has 174 valence electrons. The molecule has 0 N–H and O–H groups in total. The summed E-state index contributed by atoms with van der Waals surface area (Å²) in [7, 11) is 0. The van der Waals surface area contributed by atoms with Gasteiger partial charge >= 0.3 is 0 Å². The van der Waals surface area contributed by atoms with Crippen molar-refractivity contribution in [2.24, 2.45) is 11.8 Å². The van der Waals surface area contributed by atoms with Gasteiger partial charge < -0.3 is 14.2 Å². The Bertz CT molecular complexity index is 913. The molecule has 1 saturated heterocycles. The fourth-order valence-electron chi connectivity index (χ4n) is 5.82. The third-order valence-electron chi connectivity index (χ3n) is 7.98. The fraction of sp³-hybridized carbons (Fsp3) is 0.552. The summed E-state index contributed by atoms with van der Waals surface area (Å²) in [6, 6.07) is 19.2. The van der Waals surface area contributed by atoms with Gasteiger partial charge in [-0.3, -0.25) is 0 Å². The maximum atomic E-state index is 8.99. The highest BCUT2D eigenvalue weighted by Gasteiger charge is 2.31. The molecule has 0 radical (unpaired) electrons. The molecule has 1 heterocycles. The van der Waals surface area contributed by atoms with Crippen LogP contribution in [-0.4, -0.2) is 32.2 Å². The minimum atomic E-state index is 0.319. The van der Waals surface area contributed by atoms with Crippen molar-refractivity contribution >= 4 is 0 Å². The number of epoxide rings is 1. The second-order valence-electron chi connectivity index (χ2n) is 10.1. The van der Waals surface area contributed by atoms with Crippen molar-refractivity contribution in [2.45, 2.75) is 69.5 Å². The van der Waals surface area contributed by atoms with Crippen LogP contribution in [0.25, 0.3) is 11.1 Å². The van der Waals surface area contributed by atoms with Crippen molar-refractivity contribution in [1.29, 1.82) is 5.26 Å². The van der Waals surface area contributed by atoms with Crippen LogP contribution in [0, 0.1) is 23.2 Å². The summed E-state index contributed by atoms with van der Waals surface area (Å²) >= 11 is 0. The highest BCUT2D eigenvalue weighted by atomic mass is 16.7. The molecule has 1 atom stereocenters. The van der Waals surface area contributed by atoms with Crippen LogP contribution in [0.15, 0.2) is 48.5 Å². The van der Waals surface area contributed by atoms with Gasteiger partial charge in [0.05, 0.1) is 31.0 Å². The van der Waals surface area contributed by atoms with E-state index in [1.54, 1.807) is 0 Å². The highest BCUT2D eigenvalue weighted by molar-refractivity contribution is 5.64. The lowest BCUT2D eigenvalue weighted by molar-refractivity contribution is -0.106. The Labute approximate surface area is 197 Å². The minimum absolute atomic E-state index is 0.319. The van der Waals surface area contributed by atoms with Gasteiger partial charge in [0.2, 0.25) is 0 Å². The maximum Gasteiger partial charge on any atom is 0.147 e. The van der Waals surface area contributed by atoms with E-state index in [4.69, 9.17) is 19.5 Å². The van der Waals surface area contributed by atoms with Gasteiger partial charge in [-0.2, -0.15) is 5.26 Å². The quantitative estimate of drug-likeness (QED) is 0.266. The second kappa shape index (κ2) is 10.8. The van der Waals surface area contributed by atoms with Crippen LogP contribution in [0.3, 0.4) is 0 Å². The first-order valence-electron chi connectivity index (χ1n) is 12.7. The average Bonchev–Trinajstić information content (AvgIpc) is 3.72. The second-order valence-corrected chi connectivity index (χ2v) is 10.1. The molecule has 2 aromatic rings. The van der Waals surface area contributed by atoms with Gasteiger partial charge in [0.15, 0.2) is 0 Å².